The maximum atomic E-state index is 12.6. The molecular formula is C26H26N4O5. The Bertz CT molecular complexity index is 1190. The predicted molar refractivity (Wildman–Crippen MR) is 127 cm³/mol. The summed E-state index contributed by atoms with van der Waals surface area (Å²) in [5.41, 5.74) is 3.00. The van der Waals surface area contributed by atoms with Crippen LogP contribution in [0.2, 0.25) is 0 Å². The number of anilines is 1. The number of carbonyl (C=O) groups is 2. The van der Waals surface area contributed by atoms with Gasteiger partial charge in [0.2, 0.25) is 5.91 Å². The molecule has 1 fully saturated rings. The Hall–Kier alpha value is -3.82. The molecular weight excluding hydrogens is 448 g/mol. The van der Waals surface area contributed by atoms with Gasteiger partial charge in [0, 0.05) is 48.5 Å². The van der Waals surface area contributed by atoms with Crippen LogP contribution in [0.3, 0.4) is 0 Å². The molecule has 0 aliphatic carbocycles. The normalized spacial score (nSPS) is 22.4. The van der Waals surface area contributed by atoms with Crippen molar-refractivity contribution < 1.29 is 24.2 Å². The third kappa shape index (κ3) is 5.16. The third-order valence-corrected chi connectivity index (χ3v) is 6.33. The first kappa shape index (κ1) is 22.9. The number of hydrogen-bond acceptors (Lipinski definition) is 7. The molecule has 4 atom stereocenters. The molecule has 2 aromatic heterocycles. The van der Waals surface area contributed by atoms with Gasteiger partial charge in [-0.1, -0.05) is 0 Å². The summed E-state index contributed by atoms with van der Waals surface area (Å²) in [6.45, 7) is 0.199. The van der Waals surface area contributed by atoms with E-state index < -0.39 is 6.10 Å². The van der Waals surface area contributed by atoms with Crippen LogP contribution < -0.4 is 15.4 Å². The van der Waals surface area contributed by atoms with Gasteiger partial charge in [-0.05, 0) is 54.4 Å². The fourth-order valence-corrected chi connectivity index (χ4v) is 4.65. The summed E-state index contributed by atoms with van der Waals surface area (Å²) in [4.78, 5) is 33.1. The average molecular weight is 475 g/mol. The second-order valence-corrected chi connectivity index (χ2v) is 8.69. The molecule has 9 nitrogen and oxygen atoms in total. The number of pyridine rings is 2. The van der Waals surface area contributed by atoms with Crippen molar-refractivity contribution in [3.8, 4) is 5.75 Å². The lowest BCUT2D eigenvalue weighted by atomic mass is 9.84. The second-order valence-electron chi connectivity index (χ2n) is 8.69. The number of aromatic nitrogens is 2. The lowest BCUT2D eigenvalue weighted by Gasteiger charge is -2.37. The highest BCUT2D eigenvalue weighted by molar-refractivity contribution is 6.04. The van der Waals surface area contributed by atoms with Gasteiger partial charge in [0.05, 0.1) is 24.7 Å². The smallest absolute Gasteiger partial charge is 0.257 e. The van der Waals surface area contributed by atoms with Gasteiger partial charge in [-0.2, -0.15) is 0 Å². The quantitative estimate of drug-likeness (QED) is 0.481. The van der Waals surface area contributed by atoms with E-state index in [1.165, 1.54) is 6.20 Å². The minimum absolute atomic E-state index is 0.0656. The van der Waals surface area contributed by atoms with Crippen LogP contribution >= 0.6 is 0 Å². The van der Waals surface area contributed by atoms with Gasteiger partial charge < -0.3 is 25.2 Å². The molecule has 0 spiro atoms. The van der Waals surface area contributed by atoms with Crippen LogP contribution in [-0.4, -0.2) is 51.8 Å². The van der Waals surface area contributed by atoms with Crippen molar-refractivity contribution in [3.05, 3.63) is 83.9 Å². The molecule has 4 heterocycles. The first-order chi connectivity index (χ1) is 17.1. The van der Waals surface area contributed by atoms with Crippen LogP contribution in [0.5, 0.6) is 5.75 Å². The fourth-order valence-electron chi connectivity index (χ4n) is 4.65. The standard InChI is InChI=1S/C26H26N4O5/c31-15-23-25-21(11-19(34-23)12-24(32)29-13-16-5-8-27-9-6-16)20-10-18(3-4-22(20)35-25)30-26(33)17-2-1-7-28-14-17/h1-10,14,19,21,23,25,31H,11-13,15H2,(H,29,32)(H,30,33)/t19-,21+,23-,25-/m1/s1. The molecule has 2 aliphatic heterocycles. The van der Waals surface area contributed by atoms with E-state index in [-0.39, 0.29) is 43.0 Å². The van der Waals surface area contributed by atoms with Gasteiger partial charge in [-0.3, -0.25) is 19.6 Å². The van der Waals surface area contributed by atoms with Crippen molar-refractivity contribution in [2.45, 2.75) is 43.6 Å². The van der Waals surface area contributed by atoms with Crippen LogP contribution in [0.4, 0.5) is 5.69 Å². The van der Waals surface area contributed by atoms with Gasteiger partial charge >= 0.3 is 0 Å². The van der Waals surface area contributed by atoms with Gasteiger partial charge in [-0.15, -0.1) is 0 Å². The number of benzene rings is 1. The molecule has 3 N–H and O–H groups in total. The Labute approximate surface area is 202 Å². The van der Waals surface area contributed by atoms with Crippen molar-refractivity contribution in [1.29, 1.82) is 0 Å². The van der Waals surface area contributed by atoms with Gasteiger partial charge in [-0.25, -0.2) is 0 Å². The molecule has 3 aromatic rings. The zero-order valence-corrected chi connectivity index (χ0v) is 19.0. The summed E-state index contributed by atoms with van der Waals surface area (Å²) in [6, 6.07) is 12.6. The minimum atomic E-state index is -0.549. The highest BCUT2D eigenvalue weighted by Gasteiger charge is 2.46. The fraction of sp³-hybridized carbons (Fsp3) is 0.308. The molecule has 0 bridgehead atoms. The SMILES string of the molecule is O=C(C[C@H]1C[C@H]2c3cc(NC(=O)c4cccnc4)ccc3O[C@H]2[C@@H](CO)O1)NCc1ccncc1. The topological polar surface area (TPSA) is 123 Å². The van der Waals surface area contributed by atoms with Crippen molar-refractivity contribution in [2.24, 2.45) is 0 Å². The average Bonchev–Trinajstić information content (AvgIpc) is 3.26. The van der Waals surface area contributed by atoms with Crippen LogP contribution in [0.15, 0.2) is 67.3 Å². The zero-order valence-electron chi connectivity index (χ0n) is 19.0. The number of aliphatic hydroxyl groups excluding tert-OH is 1. The minimum Gasteiger partial charge on any atom is -0.487 e. The van der Waals surface area contributed by atoms with Crippen molar-refractivity contribution in [1.82, 2.24) is 15.3 Å². The summed E-state index contributed by atoms with van der Waals surface area (Å²) in [7, 11) is 0. The Morgan fingerprint density at radius 3 is 2.71 bits per heavy atom. The Balaban J connectivity index is 1.26. The molecule has 0 radical (unpaired) electrons. The highest BCUT2D eigenvalue weighted by Crippen LogP contribution is 2.47. The number of rotatable bonds is 7. The van der Waals surface area contributed by atoms with E-state index in [0.29, 0.717) is 30.0 Å². The number of amides is 2. The Morgan fingerprint density at radius 1 is 1.09 bits per heavy atom. The number of ether oxygens (including phenoxy) is 2. The molecule has 2 amide bonds. The van der Waals surface area contributed by atoms with Gasteiger partial charge in [0.25, 0.3) is 5.91 Å². The monoisotopic (exact) mass is 474 g/mol. The molecule has 2 aliphatic rings. The number of nitrogens with one attached hydrogen (secondary N) is 2. The largest absolute Gasteiger partial charge is 0.487 e. The maximum Gasteiger partial charge on any atom is 0.257 e. The van der Waals surface area contributed by atoms with E-state index in [4.69, 9.17) is 9.47 Å². The van der Waals surface area contributed by atoms with E-state index in [9.17, 15) is 14.7 Å². The molecule has 9 heteroatoms. The lowest BCUT2D eigenvalue weighted by molar-refractivity contribution is -0.142. The van der Waals surface area contributed by atoms with E-state index in [1.807, 2.05) is 24.3 Å². The molecule has 0 unspecified atom stereocenters. The summed E-state index contributed by atoms with van der Waals surface area (Å²) in [5, 5.41) is 15.8. The van der Waals surface area contributed by atoms with E-state index in [0.717, 1.165) is 11.1 Å². The zero-order chi connectivity index (χ0) is 24.2. The highest BCUT2D eigenvalue weighted by atomic mass is 16.6. The number of nitrogens with zero attached hydrogens (tertiary/aromatic N) is 2. The summed E-state index contributed by atoms with van der Waals surface area (Å²) >= 11 is 0. The summed E-state index contributed by atoms with van der Waals surface area (Å²) in [6.07, 6.45) is 5.97. The summed E-state index contributed by atoms with van der Waals surface area (Å²) in [5.74, 6) is 0.254. The first-order valence-corrected chi connectivity index (χ1v) is 11.5. The van der Waals surface area contributed by atoms with E-state index in [2.05, 4.69) is 20.6 Å². The molecule has 1 aromatic carbocycles. The third-order valence-electron chi connectivity index (χ3n) is 6.33. The second kappa shape index (κ2) is 10.2. The Kier molecular flexibility index (Phi) is 6.69. The molecule has 180 valence electrons. The van der Waals surface area contributed by atoms with Crippen LogP contribution in [0.1, 0.15) is 40.2 Å². The van der Waals surface area contributed by atoms with Gasteiger partial charge in [0.1, 0.15) is 18.0 Å². The number of hydrogen-bond donors (Lipinski definition) is 3. The Morgan fingerprint density at radius 2 is 1.94 bits per heavy atom. The van der Waals surface area contributed by atoms with Crippen LogP contribution in [0, 0.1) is 0 Å². The van der Waals surface area contributed by atoms with Gasteiger partial charge in [0.15, 0.2) is 0 Å². The number of aliphatic hydroxyl groups is 1. The molecule has 0 saturated carbocycles. The predicted octanol–water partition coefficient (Wildman–Crippen LogP) is 2.43. The molecule has 5 rings (SSSR count). The summed E-state index contributed by atoms with van der Waals surface area (Å²) < 4.78 is 12.1. The lowest BCUT2D eigenvalue weighted by Crippen LogP contribution is -2.47. The van der Waals surface area contributed by atoms with Crippen molar-refractivity contribution in [2.75, 3.05) is 11.9 Å². The van der Waals surface area contributed by atoms with Crippen LogP contribution in [0.25, 0.3) is 0 Å². The number of carbonyl (C=O) groups excluding carboxylic acids is 2. The molecule has 35 heavy (non-hydrogen) atoms. The van der Waals surface area contributed by atoms with Crippen molar-refractivity contribution in [3.63, 3.8) is 0 Å². The first-order valence-electron chi connectivity index (χ1n) is 11.5. The number of fused-ring (bicyclic) bond motifs is 3. The van der Waals surface area contributed by atoms with Crippen molar-refractivity contribution >= 4 is 17.5 Å². The van der Waals surface area contributed by atoms with E-state index >= 15 is 0 Å². The molecule has 1 saturated heterocycles. The van der Waals surface area contributed by atoms with Crippen LogP contribution in [-0.2, 0) is 16.1 Å². The van der Waals surface area contributed by atoms with E-state index in [1.54, 1.807) is 36.8 Å². The maximum absolute atomic E-state index is 12.6.